The summed E-state index contributed by atoms with van der Waals surface area (Å²) in [6, 6.07) is 16.3. The summed E-state index contributed by atoms with van der Waals surface area (Å²) >= 11 is 13.1. The number of carbonyl (C=O) groups excluding carboxylic acids is 2. The number of carbonyl (C=O) groups is 2. The Bertz CT molecular complexity index is 732. The average molecular weight is 366 g/mol. The van der Waals surface area contributed by atoms with Crippen molar-refractivity contribution in [3.63, 3.8) is 0 Å². The number of amides is 1. The van der Waals surface area contributed by atoms with E-state index in [-0.39, 0.29) is 18.1 Å². The Hall–Kier alpha value is -1.49. The second kappa shape index (κ2) is 6.56. The fourth-order valence-electron chi connectivity index (χ4n) is 2.31. The number of alkyl halides is 2. The van der Waals surface area contributed by atoms with Crippen LogP contribution in [0.1, 0.15) is 27.9 Å². The summed E-state index contributed by atoms with van der Waals surface area (Å²) in [7, 11) is 0. The van der Waals surface area contributed by atoms with Crippen LogP contribution in [0.25, 0.3) is 0 Å². The van der Waals surface area contributed by atoms with Crippen LogP contribution in [0.2, 0.25) is 0 Å². The van der Waals surface area contributed by atoms with Gasteiger partial charge >= 0.3 is 0 Å². The van der Waals surface area contributed by atoms with E-state index in [1.807, 2.05) is 30.3 Å². The summed E-state index contributed by atoms with van der Waals surface area (Å²) in [5.41, 5.74) is 2.19. The molecule has 1 saturated heterocycles. The third kappa shape index (κ3) is 3.89. The van der Waals surface area contributed by atoms with Gasteiger partial charge in [-0.2, -0.15) is 0 Å². The molecular formula is C17H13Cl2NO2S. The third-order valence-corrected chi connectivity index (χ3v) is 5.10. The van der Waals surface area contributed by atoms with Crippen molar-refractivity contribution < 1.29 is 9.59 Å². The van der Waals surface area contributed by atoms with E-state index in [1.54, 1.807) is 28.6 Å². The van der Waals surface area contributed by atoms with Gasteiger partial charge in [0.2, 0.25) is 5.91 Å². The van der Waals surface area contributed by atoms with Gasteiger partial charge in [0.05, 0.1) is 13.0 Å². The van der Waals surface area contributed by atoms with Crippen LogP contribution in [0.5, 0.6) is 0 Å². The van der Waals surface area contributed by atoms with Gasteiger partial charge in [0.1, 0.15) is 0 Å². The molecule has 0 bridgehead atoms. The number of halogens is 2. The van der Waals surface area contributed by atoms with Crippen molar-refractivity contribution in [2.45, 2.75) is 16.6 Å². The molecule has 3 rings (SSSR count). The minimum atomic E-state index is -1.08. The first-order chi connectivity index (χ1) is 10.9. The lowest BCUT2D eigenvalue weighted by Gasteiger charge is -2.16. The molecule has 0 aromatic heterocycles. The van der Waals surface area contributed by atoms with Gasteiger partial charge in [-0.05, 0) is 17.5 Å². The highest BCUT2D eigenvalue weighted by atomic mass is 35.5. The zero-order valence-electron chi connectivity index (χ0n) is 12.0. The lowest BCUT2D eigenvalue weighted by Crippen LogP contribution is -2.17. The van der Waals surface area contributed by atoms with E-state index in [0.29, 0.717) is 17.7 Å². The SMILES string of the molecule is O=C(c1ccccc1)c1ccc(CN2SC(Cl)(Cl)CC2=O)cc1. The predicted molar refractivity (Wildman–Crippen MR) is 93.5 cm³/mol. The quantitative estimate of drug-likeness (QED) is 0.456. The molecule has 1 fully saturated rings. The van der Waals surface area contributed by atoms with Gasteiger partial charge in [-0.3, -0.25) is 13.9 Å². The Morgan fingerprint density at radius 3 is 2.22 bits per heavy atom. The molecule has 2 aromatic carbocycles. The molecule has 3 nitrogen and oxygen atoms in total. The van der Waals surface area contributed by atoms with Gasteiger partial charge in [-0.1, -0.05) is 77.8 Å². The fourth-order valence-corrected chi connectivity index (χ4v) is 3.93. The van der Waals surface area contributed by atoms with Crippen molar-refractivity contribution in [2.24, 2.45) is 0 Å². The van der Waals surface area contributed by atoms with Crippen molar-refractivity contribution in [3.05, 3.63) is 71.3 Å². The molecule has 1 amide bonds. The Morgan fingerprint density at radius 1 is 1.04 bits per heavy atom. The molecule has 118 valence electrons. The van der Waals surface area contributed by atoms with Crippen molar-refractivity contribution in [1.29, 1.82) is 0 Å². The number of hydrogen-bond donors (Lipinski definition) is 0. The summed E-state index contributed by atoms with van der Waals surface area (Å²) in [5, 5.41) is 0. The van der Waals surface area contributed by atoms with Gasteiger partial charge < -0.3 is 0 Å². The normalized spacial score (nSPS) is 16.6. The van der Waals surface area contributed by atoms with Crippen LogP contribution in [-0.4, -0.2) is 19.7 Å². The fraction of sp³-hybridized carbons (Fsp3) is 0.176. The predicted octanol–water partition coefficient (Wildman–Crippen LogP) is 4.43. The average Bonchev–Trinajstić information content (AvgIpc) is 2.80. The first-order valence-electron chi connectivity index (χ1n) is 7.01. The van der Waals surface area contributed by atoms with Crippen LogP contribution in [0.4, 0.5) is 0 Å². The Kier molecular flexibility index (Phi) is 4.67. The number of rotatable bonds is 4. The summed E-state index contributed by atoms with van der Waals surface area (Å²) in [6.45, 7) is 0.407. The lowest BCUT2D eigenvalue weighted by atomic mass is 10.0. The van der Waals surface area contributed by atoms with Crippen LogP contribution in [0, 0.1) is 0 Å². The van der Waals surface area contributed by atoms with Crippen molar-refractivity contribution in [2.75, 3.05) is 0 Å². The van der Waals surface area contributed by atoms with Gasteiger partial charge in [-0.15, -0.1) is 0 Å². The second-order valence-electron chi connectivity index (χ2n) is 5.23. The zero-order chi connectivity index (χ0) is 16.4. The first kappa shape index (κ1) is 16.4. The maximum absolute atomic E-state index is 12.3. The molecule has 6 heteroatoms. The number of benzene rings is 2. The van der Waals surface area contributed by atoms with E-state index in [1.165, 1.54) is 0 Å². The molecule has 23 heavy (non-hydrogen) atoms. The molecule has 0 saturated carbocycles. The van der Waals surface area contributed by atoms with Crippen LogP contribution in [0.15, 0.2) is 54.6 Å². The van der Waals surface area contributed by atoms with E-state index in [9.17, 15) is 9.59 Å². The minimum absolute atomic E-state index is 0.0238. The highest BCUT2D eigenvalue weighted by Crippen LogP contribution is 2.47. The standard InChI is InChI=1S/C17H13Cl2NO2S/c18-17(19)10-15(21)20(23-17)11-12-6-8-14(9-7-12)16(22)13-4-2-1-3-5-13/h1-9H,10-11H2. The molecule has 0 aliphatic carbocycles. The van der Waals surface area contributed by atoms with Crippen LogP contribution < -0.4 is 0 Å². The van der Waals surface area contributed by atoms with Gasteiger partial charge in [0.25, 0.3) is 0 Å². The zero-order valence-corrected chi connectivity index (χ0v) is 14.4. The minimum Gasteiger partial charge on any atom is -0.289 e. The molecule has 0 atom stereocenters. The molecule has 0 N–H and O–H groups in total. The summed E-state index contributed by atoms with van der Waals surface area (Å²) in [4.78, 5) is 24.2. The lowest BCUT2D eigenvalue weighted by molar-refractivity contribution is -0.125. The molecule has 0 radical (unpaired) electrons. The molecule has 0 unspecified atom stereocenters. The Morgan fingerprint density at radius 2 is 1.65 bits per heavy atom. The Balaban J connectivity index is 1.71. The third-order valence-electron chi connectivity index (χ3n) is 3.46. The van der Waals surface area contributed by atoms with Crippen molar-refractivity contribution in [3.8, 4) is 0 Å². The van der Waals surface area contributed by atoms with Crippen LogP contribution in [0.3, 0.4) is 0 Å². The summed E-state index contributed by atoms with van der Waals surface area (Å²) in [6.07, 6.45) is 0.103. The highest BCUT2D eigenvalue weighted by Gasteiger charge is 2.41. The van der Waals surface area contributed by atoms with E-state index < -0.39 is 3.67 Å². The topological polar surface area (TPSA) is 37.4 Å². The first-order valence-corrected chi connectivity index (χ1v) is 8.53. The molecule has 0 spiro atoms. The van der Waals surface area contributed by atoms with Gasteiger partial charge in [0, 0.05) is 11.1 Å². The summed E-state index contributed by atoms with van der Waals surface area (Å²) in [5.74, 6) is -0.117. The molecule has 2 aromatic rings. The number of nitrogens with zero attached hydrogens (tertiary/aromatic N) is 1. The van der Waals surface area contributed by atoms with Crippen LogP contribution >= 0.6 is 35.1 Å². The van der Waals surface area contributed by atoms with Crippen molar-refractivity contribution >= 4 is 46.8 Å². The largest absolute Gasteiger partial charge is 0.289 e. The van der Waals surface area contributed by atoms with E-state index in [0.717, 1.165) is 17.5 Å². The maximum atomic E-state index is 12.3. The summed E-state index contributed by atoms with van der Waals surface area (Å²) < 4.78 is 0.467. The number of ketones is 1. The monoisotopic (exact) mass is 365 g/mol. The molecule has 1 aliphatic rings. The van der Waals surface area contributed by atoms with Crippen molar-refractivity contribution in [1.82, 2.24) is 4.31 Å². The molecule has 1 heterocycles. The van der Waals surface area contributed by atoms with E-state index >= 15 is 0 Å². The van der Waals surface area contributed by atoms with Crippen LogP contribution in [-0.2, 0) is 11.3 Å². The second-order valence-corrected chi connectivity index (χ2v) is 8.48. The van der Waals surface area contributed by atoms with E-state index in [2.05, 4.69) is 0 Å². The molecule has 1 aliphatic heterocycles. The Labute approximate surface area is 148 Å². The highest BCUT2D eigenvalue weighted by molar-refractivity contribution is 8.02. The van der Waals surface area contributed by atoms with Gasteiger partial charge in [0.15, 0.2) is 9.45 Å². The smallest absolute Gasteiger partial charge is 0.236 e. The van der Waals surface area contributed by atoms with Gasteiger partial charge in [-0.25, -0.2) is 0 Å². The number of hydrogen-bond acceptors (Lipinski definition) is 3. The maximum Gasteiger partial charge on any atom is 0.236 e. The van der Waals surface area contributed by atoms with E-state index in [4.69, 9.17) is 23.2 Å². The molecular weight excluding hydrogens is 353 g/mol.